The monoisotopic (exact) mass is 371 g/mol. The van der Waals surface area contributed by atoms with E-state index in [2.05, 4.69) is 10.2 Å². The number of carbonyl (C=O) groups excluding carboxylic acids is 1. The van der Waals surface area contributed by atoms with Crippen LogP contribution in [0.3, 0.4) is 0 Å². The fourth-order valence-electron chi connectivity index (χ4n) is 4.47. The number of hydrogen-bond acceptors (Lipinski definition) is 3. The van der Waals surface area contributed by atoms with Gasteiger partial charge >= 0.3 is 0 Å². The summed E-state index contributed by atoms with van der Waals surface area (Å²) < 4.78 is 13.2. The van der Waals surface area contributed by atoms with Gasteiger partial charge in [-0.3, -0.25) is 9.89 Å². The van der Waals surface area contributed by atoms with Crippen LogP contribution >= 0.6 is 0 Å². The minimum absolute atomic E-state index is 0.00882. The Hall–Kier alpha value is -2.21. The van der Waals surface area contributed by atoms with E-state index in [1.807, 2.05) is 0 Å². The maximum Gasteiger partial charge on any atom is 0.257 e. The number of aliphatic hydroxyl groups is 1. The quantitative estimate of drug-likeness (QED) is 0.864. The summed E-state index contributed by atoms with van der Waals surface area (Å²) in [6, 6.07) is 5.99. The average molecular weight is 371 g/mol. The highest BCUT2D eigenvalue weighted by molar-refractivity contribution is 5.95. The molecule has 2 fully saturated rings. The Morgan fingerprint density at radius 2 is 1.81 bits per heavy atom. The van der Waals surface area contributed by atoms with E-state index >= 15 is 0 Å². The zero-order valence-electron chi connectivity index (χ0n) is 15.5. The van der Waals surface area contributed by atoms with Crippen molar-refractivity contribution in [3.63, 3.8) is 0 Å². The smallest absolute Gasteiger partial charge is 0.257 e. The van der Waals surface area contributed by atoms with E-state index in [-0.39, 0.29) is 11.7 Å². The summed E-state index contributed by atoms with van der Waals surface area (Å²) in [6.45, 7) is 0.948. The second-order valence-corrected chi connectivity index (χ2v) is 7.86. The number of carbonyl (C=O) groups is 1. The van der Waals surface area contributed by atoms with Crippen molar-refractivity contribution in [1.29, 1.82) is 0 Å². The predicted molar refractivity (Wildman–Crippen MR) is 99.8 cm³/mol. The molecule has 1 saturated heterocycles. The number of benzene rings is 1. The molecule has 1 aliphatic carbocycles. The van der Waals surface area contributed by atoms with E-state index in [0.717, 1.165) is 18.5 Å². The number of nitrogens with zero attached hydrogens (tertiary/aromatic N) is 2. The molecule has 27 heavy (non-hydrogen) atoms. The summed E-state index contributed by atoms with van der Waals surface area (Å²) in [7, 11) is 0. The van der Waals surface area contributed by atoms with Crippen molar-refractivity contribution in [3.05, 3.63) is 53.1 Å². The highest BCUT2D eigenvalue weighted by atomic mass is 19.1. The summed E-state index contributed by atoms with van der Waals surface area (Å²) in [5, 5.41) is 18.1. The van der Waals surface area contributed by atoms with Crippen molar-refractivity contribution < 1.29 is 14.3 Å². The van der Waals surface area contributed by atoms with Gasteiger partial charge in [0.25, 0.3) is 5.91 Å². The Balaban J connectivity index is 1.45. The van der Waals surface area contributed by atoms with Crippen LogP contribution in [-0.4, -0.2) is 39.2 Å². The molecule has 4 rings (SSSR count). The van der Waals surface area contributed by atoms with Gasteiger partial charge in [0.05, 0.1) is 23.1 Å². The Kier molecular flexibility index (Phi) is 5.00. The van der Waals surface area contributed by atoms with Crippen molar-refractivity contribution in [3.8, 4) is 0 Å². The average Bonchev–Trinajstić information content (AvgIpc) is 3.19. The van der Waals surface area contributed by atoms with Gasteiger partial charge in [-0.25, -0.2) is 4.39 Å². The highest BCUT2D eigenvalue weighted by Crippen LogP contribution is 2.36. The number of aromatic nitrogens is 2. The zero-order valence-corrected chi connectivity index (χ0v) is 15.5. The largest absolute Gasteiger partial charge is 0.385 e. The fraction of sp³-hybridized carbons (Fsp3) is 0.524. The number of amides is 1. The van der Waals surface area contributed by atoms with Gasteiger partial charge in [0.15, 0.2) is 0 Å². The molecule has 144 valence electrons. The Bertz CT molecular complexity index is 788. The van der Waals surface area contributed by atoms with Gasteiger partial charge in [0, 0.05) is 19.0 Å². The van der Waals surface area contributed by atoms with Gasteiger partial charge in [-0.05, 0) is 43.4 Å². The van der Waals surface area contributed by atoms with Crippen LogP contribution < -0.4 is 0 Å². The van der Waals surface area contributed by atoms with E-state index in [1.165, 1.54) is 31.4 Å². The molecule has 2 N–H and O–H groups in total. The zero-order chi connectivity index (χ0) is 18.9. The second-order valence-electron chi connectivity index (χ2n) is 7.86. The SMILES string of the molecule is O=C(c1cn[nH]c1C1CCCCC1)N1CCC(O)(c2ccc(F)cc2)CC1. The summed E-state index contributed by atoms with van der Waals surface area (Å²) in [4.78, 5) is 14.9. The third-order valence-electron chi connectivity index (χ3n) is 6.17. The number of likely N-dealkylation sites (tertiary alicyclic amines) is 1. The van der Waals surface area contributed by atoms with Crippen molar-refractivity contribution in [2.45, 2.75) is 56.5 Å². The van der Waals surface area contributed by atoms with E-state index in [0.29, 0.717) is 43.0 Å². The van der Waals surface area contributed by atoms with Crippen LogP contribution in [0, 0.1) is 5.82 Å². The van der Waals surface area contributed by atoms with Crippen LogP contribution in [0.5, 0.6) is 0 Å². The first kappa shape index (κ1) is 18.2. The number of piperidine rings is 1. The third-order valence-corrected chi connectivity index (χ3v) is 6.17. The third kappa shape index (κ3) is 3.63. The standard InChI is InChI=1S/C21H26FN3O2/c22-17-8-6-16(7-9-17)21(27)10-12-25(13-11-21)20(26)18-14-23-24-19(18)15-4-2-1-3-5-15/h6-9,14-15,27H,1-5,10-13H2,(H,23,24). The molecule has 0 radical (unpaired) electrons. The molecule has 1 saturated carbocycles. The van der Waals surface area contributed by atoms with E-state index in [1.54, 1.807) is 23.2 Å². The van der Waals surface area contributed by atoms with Crippen LogP contribution in [0.1, 0.15) is 72.5 Å². The highest BCUT2D eigenvalue weighted by Gasteiger charge is 2.36. The van der Waals surface area contributed by atoms with Gasteiger partial charge in [-0.1, -0.05) is 31.4 Å². The summed E-state index contributed by atoms with van der Waals surface area (Å²) in [5.74, 6) is 0.0665. The van der Waals surface area contributed by atoms with Gasteiger partial charge in [-0.2, -0.15) is 5.10 Å². The molecule has 0 spiro atoms. The Labute approximate surface area is 158 Å². The molecule has 1 aromatic heterocycles. The summed E-state index contributed by atoms with van der Waals surface area (Å²) in [5.41, 5.74) is 1.35. The molecule has 0 bridgehead atoms. The normalized spacial score (nSPS) is 20.6. The van der Waals surface area contributed by atoms with Crippen LogP contribution in [0.2, 0.25) is 0 Å². The maximum atomic E-state index is 13.2. The minimum Gasteiger partial charge on any atom is -0.385 e. The molecule has 2 aromatic rings. The van der Waals surface area contributed by atoms with Gasteiger partial charge in [0.2, 0.25) is 0 Å². The van der Waals surface area contributed by atoms with Gasteiger partial charge in [-0.15, -0.1) is 0 Å². The van der Waals surface area contributed by atoms with Crippen molar-refractivity contribution in [2.24, 2.45) is 0 Å². The molecule has 1 aliphatic heterocycles. The van der Waals surface area contributed by atoms with Crippen LogP contribution in [0.4, 0.5) is 4.39 Å². The molecular weight excluding hydrogens is 345 g/mol. The van der Waals surface area contributed by atoms with E-state index in [4.69, 9.17) is 0 Å². The molecule has 2 heterocycles. The lowest BCUT2D eigenvalue weighted by Gasteiger charge is -2.38. The topological polar surface area (TPSA) is 69.2 Å². The lowest BCUT2D eigenvalue weighted by Crippen LogP contribution is -2.45. The number of aromatic amines is 1. The summed E-state index contributed by atoms with van der Waals surface area (Å²) in [6.07, 6.45) is 8.41. The number of nitrogens with one attached hydrogen (secondary N) is 1. The predicted octanol–water partition coefficient (Wildman–Crippen LogP) is 3.72. The van der Waals surface area contributed by atoms with Gasteiger partial charge in [0.1, 0.15) is 5.82 Å². The van der Waals surface area contributed by atoms with Crippen LogP contribution in [0.15, 0.2) is 30.5 Å². The maximum absolute atomic E-state index is 13.2. The Morgan fingerprint density at radius 3 is 2.48 bits per heavy atom. The van der Waals surface area contributed by atoms with E-state index < -0.39 is 5.60 Å². The molecule has 2 aliphatic rings. The molecule has 5 nitrogen and oxygen atoms in total. The van der Waals surface area contributed by atoms with E-state index in [9.17, 15) is 14.3 Å². The van der Waals surface area contributed by atoms with Crippen molar-refractivity contribution in [1.82, 2.24) is 15.1 Å². The Morgan fingerprint density at radius 1 is 1.15 bits per heavy atom. The lowest BCUT2D eigenvalue weighted by molar-refractivity contribution is -0.0212. The number of hydrogen-bond donors (Lipinski definition) is 2. The lowest BCUT2D eigenvalue weighted by atomic mass is 9.83. The first-order chi connectivity index (χ1) is 13.1. The first-order valence-corrected chi connectivity index (χ1v) is 9.88. The molecule has 1 aromatic carbocycles. The first-order valence-electron chi connectivity index (χ1n) is 9.88. The minimum atomic E-state index is -1.01. The number of halogens is 1. The molecule has 1 amide bonds. The molecule has 0 unspecified atom stereocenters. The van der Waals surface area contributed by atoms with Crippen LogP contribution in [0.25, 0.3) is 0 Å². The molecular formula is C21H26FN3O2. The number of H-pyrrole nitrogens is 1. The van der Waals surface area contributed by atoms with Crippen molar-refractivity contribution in [2.75, 3.05) is 13.1 Å². The number of rotatable bonds is 3. The van der Waals surface area contributed by atoms with Gasteiger partial charge < -0.3 is 10.0 Å². The van der Waals surface area contributed by atoms with Crippen molar-refractivity contribution >= 4 is 5.91 Å². The van der Waals surface area contributed by atoms with Crippen LogP contribution in [-0.2, 0) is 5.60 Å². The molecule has 0 atom stereocenters. The molecule has 6 heteroatoms. The second kappa shape index (κ2) is 7.43. The fourth-order valence-corrected chi connectivity index (χ4v) is 4.47. The summed E-state index contributed by atoms with van der Waals surface area (Å²) >= 11 is 0.